The normalized spacial score (nSPS) is 10.4. The summed E-state index contributed by atoms with van der Waals surface area (Å²) in [4.78, 5) is 12.8. The van der Waals surface area contributed by atoms with Crippen LogP contribution in [-0.2, 0) is 6.42 Å². The minimum absolute atomic E-state index is 0.151. The van der Waals surface area contributed by atoms with Gasteiger partial charge in [0.05, 0.1) is 17.3 Å². The monoisotopic (exact) mass is 453 g/mol. The second-order valence-corrected chi connectivity index (χ2v) is 6.92. The summed E-state index contributed by atoms with van der Waals surface area (Å²) in [6.07, 6.45) is 1.77. The molecule has 2 rings (SSSR count). The van der Waals surface area contributed by atoms with Crippen LogP contribution in [0.5, 0.6) is 11.5 Å². The van der Waals surface area contributed by atoms with Gasteiger partial charge in [0.1, 0.15) is 0 Å². The molecule has 2 aromatic rings. The van der Waals surface area contributed by atoms with Gasteiger partial charge in [-0.05, 0) is 65.6 Å². The fourth-order valence-corrected chi connectivity index (χ4v) is 3.34. The van der Waals surface area contributed by atoms with Gasteiger partial charge in [0.25, 0.3) is 5.91 Å². The molecule has 5 heteroatoms. The Bertz CT molecular complexity index is 759. The lowest BCUT2D eigenvalue weighted by atomic mass is 10.1. The first-order valence-electron chi connectivity index (χ1n) is 8.41. The number of methoxy groups -OCH3 is 1. The molecule has 0 aliphatic heterocycles. The van der Waals surface area contributed by atoms with E-state index in [2.05, 4.69) is 41.8 Å². The van der Waals surface area contributed by atoms with Gasteiger partial charge in [0.15, 0.2) is 11.5 Å². The fourth-order valence-electron chi connectivity index (χ4n) is 2.58. The average Bonchev–Trinajstić information content (AvgIpc) is 2.61. The molecule has 0 saturated carbocycles. The highest BCUT2D eigenvalue weighted by atomic mass is 127. The number of halogens is 1. The van der Waals surface area contributed by atoms with E-state index >= 15 is 0 Å². The van der Waals surface area contributed by atoms with E-state index in [9.17, 15) is 4.79 Å². The van der Waals surface area contributed by atoms with E-state index in [-0.39, 0.29) is 5.91 Å². The molecule has 1 amide bonds. The van der Waals surface area contributed by atoms with Crippen molar-refractivity contribution in [3.8, 4) is 11.5 Å². The zero-order valence-corrected chi connectivity index (χ0v) is 17.3. The van der Waals surface area contributed by atoms with Crippen molar-refractivity contribution >= 4 is 34.2 Å². The van der Waals surface area contributed by atoms with Crippen molar-refractivity contribution in [3.05, 3.63) is 50.6 Å². The second kappa shape index (κ2) is 9.08. The molecule has 0 spiro atoms. The van der Waals surface area contributed by atoms with Crippen LogP contribution in [0.4, 0.5) is 5.69 Å². The van der Waals surface area contributed by atoms with Crippen LogP contribution in [0.1, 0.15) is 41.8 Å². The topological polar surface area (TPSA) is 47.6 Å². The molecule has 134 valence electrons. The van der Waals surface area contributed by atoms with E-state index in [0.29, 0.717) is 23.7 Å². The van der Waals surface area contributed by atoms with Crippen molar-refractivity contribution < 1.29 is 14.3 Å². The van der Waals surface area contributed by atoms with Gasteiger partial charge >= 0.3 is 0 Å². The summed E-state index contributed by atoms with van der Waals surface area (Å²) in [7, 11) is 1.59. The summed E-state index contributed by atoms with van der Waals surface area (Å²) in [5.41, 5.74) is 3.61. The minimum Gasteiger partial charge on any atom is -0.493 e. The van der Waals surface area contributed by atoms with E-state index < -0.39 is 0 Å². The number of benzene rings is 2. The zero-order chi connectivity index (χ0) is 18.4. The smallest absolute Gasteiger partial charge is 0.255 e. The molecule has 0 unspecified atom stereocenters. The van der Waals surface area contributed by atoms with Crippen LogP contribution in [0, 0.1) is 10.5 Å². The standard InChI is InChI=1S/C20H24INO3/c1-5-10-25-19-16(21)11-15(12-17(19)24-4)20(23)22-18-13(3)8-7-9-14(18)6-2/h7-9,11-12H,5-6,10H2,1-4H3,(H,22,23). The molecule has 0 aliphatic rings. The molecule has 0 bridgehead atoms. The van der Waals surface area contributed by atoms with Crippen molar-refractivity contribution in [2.45, 2.75) is 33.6 Å². The van der Waals surface area contributed by atoms with Crippen LogP contribution in [0.15, 0.2) is 30.3 Å². The summed E-state index contributed by atoms with van der Waals surface area (Å²) in [6.45, 7) is 6.74. The van der Waals surface area contributed by atoms with Crippen LogP contribution in [0.2, 0.25) is 0 Å². The quantitative estimate of drug-likeness (QED) is 0.586. The number of amides is 1. The van der Waals surface area contributed by atoms with E-state index in [1.165, 1.54) is 0 Å². The number of hydrogen-bond acceptors (Lipinski definition) is 3. The Labute approximate surface area is 163 Å². The van der Waals surface area contributed by atoms with Gasteiger partial charge < -0.3 is 14.8 Å². The number of hydrogen-bond donors (Lipinski definition) is 1. The van der Waals surface area contributed by atoms with Gasteiger partial charge in [-0.2, -0.15) is 0 Å². The van der Waals surface area contributed by atoms with Crippen molar-refractivity contribution in [1.29, 1.82) is 0 Å². The predicted octanol–water partition coefficient (Wildman–Crippen LogP) is 5.21. The third-order valence-electron chi connectivity index (χ3n) is 3.92. The van der Waals surface area contributed by atoms with Crippen LogP contribution in [0.25, 0.3) is 0 Å². The van der Waals surface area contributed by atoms with Crippen LogP contribution in [-0.4, -0.2) is 19.6 Å². The van der Waals surface area contributed by atoms with Crippen LogP contribution in [0.3, 0.4) is 0 Å². The number of para-hydroxylation sites is 1. The highest BCUT2D eigenvalue weighted by Crippen LogP contribution is 2.34. The summed E-state index contributed by atoms with van der Waals surface area (Å²) in [5.74, 6) is 1.11. The lowest BCUT2D eigenvalue weighted by Crippen LogP contribution is -2.15. The van der Waals surface area contributed by atoms with Crippen molar-refractivity contribution in [2.75, 3.05) is 19.0 Å². The maximum absolute atomic E-state index is 12.8. The van der Waals surface area contributed by atoms with Gasteiger partial charge in [-0.1, -0.05) is 32.0 Å². The number of carbonyl (C=O) groups is 1. The Morgan fingerprint density at radius 1 is 1.24 bits per heavy atom. The summed E-state index contributed by atoms with van der Waals surface area (Å²) in [6, 6.07) is 9.60. The first-order chi connectivity index (χ1) is 12.0. The fraction of sp³-hybridized carbons (Fsp3) is 0.350. The molecule has 0 saturated heterocycles. The van der Waals surface area contributed by atoms with Crippen LogP contribution < -0.4 is 14.8 Å². The highest BCUT2D eigenvalue weighted by molar-refractivity contribution is 14.1. The highest BCUT2D eigenvalue weighted by Gasteiger charge is 2.17. The lowest BCUT2D eigenvalue weighted by Gasteiger charge is -2.16. The lowest BCUT2D eigenvalue weighted by molar-refractivity contribution is 0.102. The average molecular weight is 453 g/mol. The van der Waals surface area contributed by atoms with E-state index in [1.54, 1.807) is 13.2 Å². The first-order valence-corrected chi connectivity index (χ1v) is 9.49. The van der Waals surface area contributed by atoms with Gasteiger partial charge in [-0.25, -0.2) is 0 Å². The molecule has 0 heterocycles. The van der Waals surface area contributed by atoms with Crippen LogP contribution >= 0.6 is 22.6 Å². The Morgan fingerprint density at radius 2 is 2.00 bits per heavy atom. The van der Waals surface area contributed by atoms with Gasteiger partial charge in [-0.3, -0.25) is 4.79 Å². The van der Waals surface area contributed by atoms with Crippen molar-refractivity contribution in [1.82, 2.24) is 0 Å². The number of rotatable bonds is 7. The minimum atomic E-state index is -0.151. The molecule has 4 nitrogen and oxygen atoms in total. The molecule has 1 N–H and O–H groups in total. The Kier molecular flexibility index (Phi) is 7.11. The Hall–Kier alpha value is -1.76. The molecule has 0 aliphatic carbocycles. The van der Waals surface area contributed by atoms with E-state index in [4.69, 9.17) is 9.47 Å². The third kappa shape index (κ3) is 4.66. The third-order valence-corrected chi connectivity index (χ3v) is 4.72. The van der Waals surface area contributed by atoms with Gasteiger partial charge in [0, 0.05) is 11.3 Å². The van der Waals surface area contributed by atoms with E-state index in [1.807, 2.05) is 31.2 Å². The molecule has 25 heavy (non-hydrogen) atoms. The molecule has 0 aromatic heterocycles. The second-order valence-electron chi connectivity index (χ2n) is 5.75. The largest absolute Gasteiger partial charge is 0.493 e. The van der Waals surface area contributed by atoms with Crippen molar-refractivity contribution in [2.24, 2.45) is 0 Å². The maximum Gasteiger partial charge on any atom is 0.255 e. The summed E-state index contributed by atoms with van der Waals surface area (Å²) in [5, 5.41) is 3.05. The molecule has 2 aromatic carbocycles. The number of anilines is 1. The molecule has 0 radical (unpaired) electrons. The number of ether oxygens (including phenoxy) is 2. The Morgan fingerprint density at radius 3 is 2.64 bits per heavy atom. The number of aryl methyl sites for hydroxylation is 2. The van der Waals surface area contributed by atoms with Gasteiger partial charge in [-0.15, -0.1) is 0 Å². The molecule has 0 fully saturated rings. The maximum atomic E-state index is 12.8. The SMILES string of the molecule is CCCOc1c(I)cc(C(=O)Nc2c(C)cccc2CC)cc1OC. The predicted molar refractivity (Wildman–Crippen MR) is 110 cm³/mol. The molecular formula is C20H24INO3. The number of nitrogens with one attached hydrogen (secondary N) is 1. The van der Waals surface area contributed by atoms with Crippen molar-refractivity contribution in [3.63, 3.8) is 0 Å². The number of carbonyl (C=O) groups excluding carboxylic acids is 1. The molecular weight excluding hydrogens is 429 g/mol. The summed E-state index contributed by atoms with van der Waals surface area (Å²) < 4.78 is 12.0. The molecule has 0 atom stereocenters. The Balaban J connectivity index is 2.33. The van der Waals surface area contributed by atoms with Gasteiger partial charge in [0.2, 0.25) is 0 Å². The van der Waals surface area contributed by atoms with E-state index in [0.717, 1.165) is 33.2 Å². The zero-order valence-electron chi connectivity index (χ0n) is 15.1. The summed E-state index contributed by atoms with van der Waals surface area (Å²) >= 11 is 2.17. The first kappa shape index (κ1) is 19.6.